The van der Waals surface area contributed by atoms with Crippen molar-refractivity contribution in [2.24, 2.45) is 0 Å². The molecule has 1 fully saturated rings. The number of nitrogens with zero attached hydrogens (tertiary/aromatic N) is 1. The van der Waals surface area contributed by atoms with Gasteiger partial charge in [0.15, 0.2) is 11.6 Å². The number of aromatic hydroxyl groups is 1. The summed E-state index contributed by atoms with van der Waals surface area (Å²) in [5.41, 5.74) is -0.470. The lowest BCUT2D eigenvalue weighted by Gasteiger charge is -2.26. The van der Waals surface area contributed by atoms with Gasteiger partial charge >= 0.3 is 0 Å². The molecule has 180 valence electrons. The number of hydrogen-bond acceptors (Lipinski definition) is 5. The summed E-state index contributed by atoms with van der Waals surface area (Å²) in [7, 11) is 1.28. The molecule has 1 saturated heterocycles. The molecule has 0 aliphatic carbocycles. The second-order valence-corrected chi connectivity index (χ2v) is 8.70. The van der Waals surface area contributed by atoms with Gasteiger partial charge in [-0.1, -0.05) is 40.9 Å². The van der Waals surface area contributed by atoms with E-state index in [1.54, 1.807) is 0 Å². The van der Waals surface area contributed by atoms with Crippen LogP contribution in [0.15, 0.2) is 54.1 Å². The number of anilines is 1. The lowest BCUT2D eigenvalue weighted by atomic mass is 9.94. The highest BCUT2D eigenvalue weighted by molar-refractivity contribution is 6.52. The number of ether oxygens (including phenoxy) is 1. The molecule has 1 heterocycles. The minimum Gasteiger partial charge on any atom is -0.507 e. The quantitative estimate of drug-likeness (QED) is 0.232. The van der Waals surface area contributed by atoms with Crippen LogP contribution in [0.2, 0.25) is 15.1 Å². The molecular weight excluding hydrogens is 527 g/mol. The number of hydrogen-bond donors (Lipinski definition) is 2. The van der Waals surface area contributed by atoms with Crippen molar-refractivity contribution in [3.63, 3.8) is 0 Å². The molecule has 1 aliphatic heterocycles. The van der Waals surface area contributed by atoms with Gasteiger partial charge in [-0.15, -0.1) is 0 Å². The highest BCUT2D eigenvalue weighted by Crippen LogP contribution is 2.46. The lowest BCUT2D eigenvalue weighted by Crippen LogP contribution is -2.29. The number of benzene rings is 3. The zero-order chi connectivity index (χ0) is 25.6. The smallest absolute Gasteiger partial charge is 0.300 e. The van der Waals surface area contributed by atoms with Crippen LogP contribution in [0.1, 0.15) is 17.2 Å². The predicted molar refractivity (Wildman–Crippen MR) is 127 cm³/mol. The van der Waals surface area contributed by atoms with E-state index in [1.807, 2.05) is 0 Å². The Morgan fingerprint density at radius 3 is 2.31 bits per heavy atom. The van der Waals surface area contributed by atoms with Crippen LogP contribution in [0, 0.1) is 11.6 Å². The Morgan fingerprint density at radius 2 is 1.69 bits per heavy atom. The summed E-state index contributed by atoms with van der Waals surface area (Å²) in [6, 6.07) is 7.80. The number of aliphatic hydroxyl groups is 1. The monoisotopic (exact) mass is 539 g/mol. The summed E-state index contributed by atoms with van der Waals surface area (Å²) in [4.78, 5) is 27.2. The summed E-state index contributed by atoms with van der Waals surface area (Å²) in [6.07, 6.45) is 0. The van der Waals surface area contributed by atoms with E-state index in [0.717, 1.165) is 23.1 Å². The first-order valence-electron chi connectivity index (χ1n) is 9.83. The molecule has 4 rings (SSSR count). The molecule has 0 saturated carbocycles. The average molecular weight is 541 g/mol. The van der Waals surface area contributed by atoms with Gasteiger partial charge in [0.05, 0.1) is 34.3 Å². The normalized spacial score (nSPS) is 17.2. The van der Waals surface area contributed by atoms with E-state index >= 15 is 0 Å². The van der Waals surface area contributed by atoms with Crippen LogP contribution in [0.4, 0.5) is 14.5 Å². The second kappa shape index (κ2) is 9.37. The van der Waals surface area contributed by atoms with Gasteiger partial charge in [-0.05, 0) is 42.0 Å². The fraction of sp³-hybridized carbons (Fsp3) is 0.0833. The van der Waals surface area contributed by atoms with Crippen LogP contribution < -0.4 is 9.64 Å². The number of amides is 1. The van der Waals surface area contributed by atoms with E-state index in [2.05, 4.69) is 0 Å². The van der Waals surface area contributed by atoms with E-state index in [0.29, 0.717) is 0 Å². The third-order valence-electron chi connectivity index (χ3n) is 5.38. The number of rotatable bonds is 4. The average Bonchev–Trinajstić information content (AvgIpc) is 3.07. The molecular formula is C24H14Cl3F2NO5. The Balaban J connectivity index is 2.03. The van der Waals surface area contributed by atoms with Gasteiger partial charge in [0.1, 0.15) is 17.3 Å². The van der Waals surface area contributed by atoms with E-state index in [1.165, 1.54) is 37.4 Å². The summed E-state index contributed by atoms with van der Waals surface area (Å²) in [5.74, 6) is -5.64. The van der Waals surface area contributed by atoms with Gasteiger partial charge in [-0.25, -0.2) is 8.78 Å². The number of phenolic OH excluding ortho intramolecular Hbond substituents is 1. The van der Waals surface area contributed by atoms with Crippen LogP contribution in [-0.2, 0) is 9.59 Å². The van der Waals surface area contributed by atoms with E-state index in [9.17, 15) is 28.6 Å². The molecule has 6 nitrogen and oxygen atoms in total. The molecule has 11 heteroatoms. The molecule has 3 aromatic carbocycles. The highest BCUT2D eigenvalue weighted by atomic mass is 35.5. The molecule has 0 aromatic heterocycles. The number of ketones is 1. The first-order valence-corrected chi connectivity index (χ1v) is 11.0. The van der Waals surface area contributed by atoms with Crippen molar-refractivity contribution in [2.45, 2.75) is 6.04 Å². The Hall–Kier alpha value is -3.33. The third kappa shape index (κ3) is 4.29. The number of phenols is 1. The van der Waals surface area contributed by atoms with Crippen LogP contribution in [0.3, 0.4) is 0 Å². The van der Waals surface area contributed by atoms with Gasteiger partial charge in [0.2, 0.25) is 0 Å². The molecule has 0 bridgehead atoms. The molecule has 1 aliphatic rings. The summed E-state index contributed by atoms with van der Waals surface area (Å²) >= 11 is 18.3. The number of Topliss-reactive ketones (excluding diaryl/α,β-unsaturated/α-hetero) is 1. The predicted octanol–water partition coefficient (Wildman–Crippen LogP) is 6.27. The zero-order valence-corrected chi connectivity index (χ0v) is 19.9. The first-order chi connectivity index (χ1) is 16.5. The Morgan fingerprint density at radius 1 is 0.971 bits per heavy atom. The number of aliphatic hydroxyl groups excluding tert-OH is 1. The van der Waals surface area contributed by atoms with Gasteiger partial charge in [-0.2, -0.15) is 0 Å². The minimum absolute atomic E-state index is 0.0184. The van der Waals surface area contributed by atoms with Crippen molar-refractivity contribution in [3.8, 4) is 11.5 Å². The molecule has 35 heavy (non-hydrogen) atoms. The number of halogens is 5. The maximum atomic E-state index is 14.1. The maximum absolute atomic E-state index is 14.1. The van der Waals surface area contributed by atoms with Gasteiger partial charge in [0, 0.05) is 16.8 Å². The lowest BCUT2D eigenvalue weighted by molar-refractivity contribution is -0.132. The van der Waals surface area contributed by atoms with Crippen LogP contribution in [0.5, 0.6) is 11.5 Å². The Bertz CT molecular complexity index is 1430. The molecule has 1 atom stereocenters. The van der Waals surface area contributed by atoms with Crippen molar-refractivity contribution in [3.05, 3.63) is 91.9 Å². The van der Waals surface area contributed by atoms with Crippen molar-refractivity contribution in [2.75, 3.05) is 12.0 Å². The van der Waals surface area contributed by atoms with E-state index < -0.39 is 40.7 Å². The second-order valence-electron chi connectivity index (χ2n) is 7.45. The SMILES string of the molecule is COc1c(Cl)cc(Cl)cc1/C(O)=C1\C(=O)C(=O)N(c2ccc(F)c(F)c2)C1c1ccc(O)c(Cl)c1. The Labute approximate surface area is 212 Å². The molecule has 0 radical (unpaired) electrons. The molecule has 1 amide bonds. The standard InChI is InChI=1S/C24H14Cl3F2NO5/c1-35-23-13(7-11(25)8-15(23)27)21(32)19-20(10-2-5-18(31)14(26)6-10)30(24(34)22(19)33)12-3-4-16(28)17(29)9-12/h2-9,20,31-32H,1H3/b21-19+. The van der Waals surface area contributed by atoms with Gasteiger partial charge in [0.25, 0.3) is 11.7 Å². The third-order valence-corrected chi connectivity index (χ3v) is 6.18. The molecule has 1 unspecified atom stereocenters. The van der Waals surface area contributed by atoms with Gasteiger partial charge in [-0.3, -0.25) is 14.5 Å². The molecule has 2 N–H and O–H groups in total. The zero-order valence-electron chi connectivity index (χ0n) is 17.7. The fourth-order valence-corrected chi connectivity index (χ4v) is 4.59. The minimum atomic E-state index is -1.35. The van der Waals surface area contributed by atoms with Crippen LogP contribution in [-0.4, -0.2) is 29.0 Å². The fourth-order valence-electron chi connectivity index (χ4n) is 3.83. The van der Waals surface area contributed by atoms with Gasteiger partial charge < -0.3 is 14.9 Å². The van der Waals surface area contributed by atoms with E-state index in [-0.39, 0.29) is 43.4 Å². The van der Waals surface area contributed by atoms with Crippen LogP contribution >= 0.6 is 34.8 Å². The topological polar surface area (TPSA) is 87.1 Å². The first kappa shape index (κ1) is 24.8. The molecule has 3 aromatic rings. The summed E-state index contributed by atoms with van der Waals surface area (Å²) < 4.78 is 32.9. The van der Waals surface area contributed by atoms with Crippen molar-refractivity contribution in [1.29, 1.82) is 0 Å². The number of methoxy groups -OCH3 is 1. The number of carbonyl (C=O) groups is 2. The van der Waals surface area contributed by atoms with Crippen molar-refractivity contribution in [1.82, 2.24) is 0 Å². The van der Waals surface area contributed by atoms with E-state index in [4.69, 9.17) is 39.5 Å². The van der Waals surface area contributed by atoms with Crippen LogP contribution in [0.25, 0.3) is 5.76 Å². The maximum Gasteiger partial charge on any atom is 0.300 e. The Kier molecular flexibility index (Phi) is 6.64. The summed E-state index contributed by atoms with van der Waals surface area (Å²) in [5, 5.41) is 21.1. The summed E-state index contributed by atoms with van der Waals surface area (Å²) in [6.45, 7) is 0. The van der Waals surface area contributed by atoms with Crippen molar-refractivity contribution >= 4 is 57.9 Å². The largest absolute Gasteiger partial charge is 0.507 e. The molecule has 0 spiro atoms. The number of carbonyl (C=O) groups excluding carboxylic acids is 2. The highest BCUT2D eigenvalue weighted by Gasteiger charge is 2.47. The van der Waals surface area contributed by atoms with Crippen molar-refractivity contribution < 1.29 is 33.3 Å².